The van der Waals surface area contributed by atoms with E-state index in [9.17, 15) is 5.11 Å². The number of fused-ring (bicyclic) bond motifs is 2. The van der Waals surface area contributed by atoms with Gasteiger partial charge in [-0.1, -0.05) is 30.3 Å². The van der Waals surface area contributed by atoms with Crippen LogP contribution in [0.2, 0.25) is 0 Å². The summed E-state index contributed by atoms with van der Waals surface area (Å²) in [5, 5.41) is 16.9. The molecular weight excluding hydrogens is 310 g/mol. The molecule has 0 fully saturated rings. The molecule has 1 atom stereocenters. The highest BCUT2D eigenvalue weighted by Crippen LogP contribution is 2.35. The zero-order valence-corrected chi connectivity index (χ0v) is 13.3. The van der Waals surface area contributed by atoms with E-state index in [1.165, 1.54) is 4.70 Å². The van der Waals surface area contributed by atoms with Crippen molar-refractivity contribution in [3.63, 3.8) is 0 Å². The number of rotatable bonds is 5. The molecule has 1 unspecified atom stereocenters. The molecule has 0 spiro atoms. The molecule has 2 aromatic carbocycles. The van der Waals surface area contributed by atoms with Crippen LogP contribution in [0, 0.1) is 0 Å². The average molecular weight is 327 g/mol. The van der Waals surface area contributed by atoms with Gasteiger partial charge in [-0.3, -0.25) is 0 Å². The molecule has 118 valence electrons. The Morgan fingerprint density at radius 2 is 2.04 bits per heavy atom. The monoisotopic (exact) mass is 327 g/mol. The van der Waals surface area contributed by atoms with Crippen LogP contribution in [0.25, 0.3) is 10.1 Å². The van der Waals surface area contributed by atoms with Gasteiger partial charge in [0.25, 0.3) is 0 Å². The molecular formula is C18H17NO3S. The van der Waals surface area contributed by atoms with Gasteiger partial charge in [-0.2, -0.15) is 0 Å². The Balaban J connectivity index is 1.42. The first kappa shape index (κ1) is 14.5. The number of hydrogen-bond donors (Lipinski definition) is 2. The van der Waals surface area contributed by atoms with E-state index in [0.717, 1.165) is 28.0 Å². The van der Waals surface area contributed by atoms with Gasteiger partial charge in [-0.05, 0) is 22.9 Å². The number of thiophene rings is 1. The third-order valence-electron chi connectivity index (χ3n) is 4.00. The highest BCUT2D eigenvalue weighted by molar-refractivity contribution is 7.17. The molecule has 4 nitrogen and oxygen atoms in total. The minimum absolute atomic E-state index is 0.274. The van der Waals surface area contributed by atoms with Crippen molar-refractivity contribution in [2.24, 2.45) is 0 Å². The van der Waals surface area contributed by atoms with Crippen molar-refractivity contribution in [2.75, 3.05) is 13.3 Å². The van der Waals surface area contributed by atoms with Crippen LogP contribution in [-0.2, 0) is 6.54 Å². The predicted molar refractivity (Wildman–Crippen MR) is 91.1 cm³/mol. The summed E-state index contributed by atoms with van der Waals surface area (Å²) in [7, 11) is 0. The second-order valence-corrected chi connectivity index (χ2v) is 6.40. The smallest absolute Gasteiger partial charge is 0.231 e. The number of hydrogen-bond acceptors (Lipinski definition) is 5. The second kappa shape index (κ2) is 6.20. The minimum atomic E-state index is -0.528. The van der Waals surface area contributed by atoms with Gasteiger partial charge in [-0.25, -0.2) is 0 Å². The van der Waals surface area contributed by atoms with E-state index in [1.54, 1.807) is 11.3 Å². The maximum atomic E-state index is 10.5. The Kier molecular flexibility index (Phi) is 3.91. The molecule has 0 saturated carbocycles. The van der Waals surface area contributed by atoms with E-state index in [4.69, 9.17) is 9.47 Å². The summed E-state index contributed by atoms with van der Waals surface area (Å²) in [6, 6.07) is 14.0. The van der Waals surface area contributed by atoms with Crippen LogP contribution in [0.5, 0.6) is 11.5 Å². The van der Waals surface area contributed by atoms with Crippen LogP contribution < -0.4 is 14.8 Å². The summed E-state index contributed by atoms with van der Waals surface area (Å²) in [5.41, 5.74) is 2.03. The van der Waals surface area contributed by atoms with Gasteiger partial charge in [0.2, 0.25) is 6.79 Å². The molecule has 0 amide bonds. The van der Waals surface area contributed by atoms with E-state index in [1.807, 2.05) is 35.7 Å². The largest absolute Gasteiger partial charge is 0.454 e. The molecule has 1 aliphatic heterocycles. The summed E-state index contributed by atoms with van der Waals surface area (Å²) < 4.78 is 12.1. The molecule has 1 aromatic heterocycles. The number of aliphatic hydroxyl groups excluding tert-OH is 1. The Labute approximate surface area is 138 Å². The number of ether oxygens (including phenoxy) is 2. The van der Waals surface area contributed by atoms with E-state index < -0.39 is 6.10 Å². The summed E-state index contributed by atoms with van der Waals surface area (Å²) in [6.07, 6.45) is -0.528. The van der Waals surface area contributed by atoms with Crippen LogP contribution in [0.15, 0.2) is 47.8 Å². The fourth-order valence-electron chi connectivity index (χ4n) is 2.84. The summed E-state index contributed by atoms with van der Waals surface area (Å²) >= 11 is 1.66. The zero-order valence-electron chi connectivity index (χ0n) is 12.5. The molecule has 3 aromatic rings. The minimum Gasteiger partial charge on any atom is -0.454 e. The third kappa shape index (κ3) is 2.79. The van der Waals surface area contributed by atoms with E-state index in [-0.39, 0.29) is 6.79 Å². The van der Waals surface area contributed by atoms with Crippen molar-refractivity contribution in [2.45, 2.75) is 12.6 Å². The van der Waals surface area contributed by atoms with Crippen LogP contribution >= 0.6 is 11.3 Å². The Bertz CT molecular complexity index is 830. The maximum Gasteiger partial charge on any atom is 0.231 e. The lowest BCUT2D eigenvalue weighted by atomic mass is 10.1. The molecule has 5 heteroatoms. The molecule has 0 radical (unpaired) electrons. The quantitative estimate of drug-likeness (QED) is 0.753. The van der Waals surface area contributed by atoms with E-state index in [2.05, 4.69) is 17.4 Å². The van der Waals surface area contributed by atoms with Gasteiger partial charge in [0, 0.05) is 28.9 Å². The second-order valence-electron chi connectivity index (χ2n) is 5.48. The number of nitrogens with one attached hydrogen (secondary N) is 1. The molecule has 2 heterocycles. The SMILES string of the molecule is OC(CNCc1cccc2c1OCO2)c1csc2ccccc12. The van der Waals surface area contributed by atoms with Crippen LogP contribution in [0.1, 0.15) is 17.2 Å². The summed E-state index contributed by atoms with van der Waals surface area (Å²) in [4.78, 5) is 0. The highest BCUT2D eigenvalue weighted by Gasteiger charge is 2.17. The lowest BCUT2D eigenvalue weighted by Crippen LogP contribution is -2.21. The van der Waals surface area contributed by atoms with Crippen molar-refractivity contribution in [1.82, 2.24) is 5.32 Å². The Hall–Kier alpha value is -2.08. The van der Waals surface area contributed by atoms with Gasteiger partial charge >= 0.3 is 0 Å². The van der Waals surface area contributed by atoms with Gasteiger partial charge in [0.15, 0.2) is 11.5 Å². The van der Waals surface area contributed by atoms with Crippen molar-refractivity contribution < 1.29 is 14.6 Å². The predicted octanol–water partition coefficient (Wildman–Crippen LogP) is 3.45. The standard InChI is InChI=1S/C18H17NO3S/c20-15(14-10-23-17-7-2-1-5-13(14)17)9-19-8-12-4-3-6-16-18(12)22-11-21-16/h1-7,10,15,19-20H,8-9,11H2. The maximum absolute atomic E-state index is 10.5. The van der Waals surface area contributed by atoms with Gasteiger partial charge in [-0.15, -0.1) is 11.3 Å². The van der Waals surface area contributed by atoms with E-state index in [0.29, 0.717) is 13.1 Å². The lowest BCUT2D eigenvalue weighted by Gasteiger charge is -2.12. The first-order chi connectivity index (χ1) is 11.3. The van der Waals surface area contributed by atoms with Crippen molar-refractivity contribution >= 4 is 21.4 Å². The summed E-state index contributed by atoms with van der Waals surface area (Å²) in [6.45, 7) is 1.40. The van der Waals surface area contributed by atoms with Crippen LogP contribution in [0.4, 0.5) is 0 Å². The number of benzene rings is 2. The molecule has 0 aliphatic carbocycles. The Morgan fingerprint density at radius 1 is 1.13 bits per heavy atom. The van der Waals surface area contributed by atoms with Crippen molar-refractivity contribution in [3.8, 4) is 11.5 Å². The van der Waals surface area contributed by atoms with Gasteiger partial charge in [0.1, 0.15) is 0 Å². The first-order valence-corrected chi connectivity index (χ1v) is 8.43. The lowest BCUT2D eigenvalue weighted by molar-refractivity contribution is 0.171. The average Bonchev–Trinajstić information content (AvgIpc) is 3.22. The normalized spacial score (nSPS) is 14.3. The van der Waals surface area contributed by atoms with Crippen molar-refractivity contribution in [1.29, 1.82) is 0 Å². The number of aliphatic hydroxyl groups is 1. The molecule has 23 heavy (non-hydrogen) atoms. The number of para-hydroxylation sites is 1. The molecule has 1 aliphatic rings. The van der Waals surface area contributed by atoms with E-state index >= 15 is 0 Å². The first-order valence-electron chi connectivity index (χ1n) is 7.55. The van der Waals surface area contributed by atoms with Gasteiger partial charge in [0.05, 0.1) is 6.10 Å². The van der Waals surface area contributed by atoms with Crippen LogP contribution in [-0.4, -0.2) is 18.4 Å². The van der Waals surface area contributed by atoms with Crippen LogP contribution in [0.3, 0.4) is 0 Å². The summed E-state index contributed by atoms with van der Waals surface area (Å²) in [5.74, 6) is 1.59. The molecule has 0 saturated heterocycles. The fourth-order valence-corrected chi connectivity index (χ4v) is 3.85. The zero-order chi connectivity index (χ0) is 15.6. The van der Waals surface area contributed by atoms with Crippen molar-refractivity contribution in [3.05, 3.63) is 59.0 Å². The molecule has 4 rings (SSSR count). The topological polar surface area (TPSA) is 50.7 Å². The molecule has 2 N–H and O–H groups in total. The highest BCUT2D eigenvalue weighted by atomic mass is 32.1. The fraction of sp³-hybridized carbons (Fsp3) is 0.222. The Morgan fingerprint density at radius 3 is 3.00 bits per heavy atom. The third-order valence-corrected chi connectivity index (χ3v) is 4.98. The van der Waals surface area contributed by atoms with Gasteiger partial charge < -0.3 is 19.9 Å². The molecule has 0 bridgehead atoms.